The maximum atomic E-state index is 12.5. The van der Waals surface area contributed by atoms with Gasteiger partial charge in [-0.1, -0.05) is 42.1 Å². The molecule has 6 nitrogen and oxygen atoms in total. The van der Waals surface area contributed by atoms with Gasteiger partial charge in [0, 0.05) is 16.0 Å². The second-order valence-corrected chi connectivity index (χ2v) is 6.85. The van der Waals surface area contributed by atoms with E-state index in [9.17, 15) is 9.59 Å². The van der Waals surface area contributed by atoms with Crippen LogP contribution in [0, 0.1) is 0 Å². The molecule has 7 heteroatoms. The van der Waals surface area contributed by atoms with E-state index < -0.39 is 5.76 Å². The Morgan fingerprint density at radius 2 is 1.81 bits per heavy atom. The molecule has 2 aromatic carbocycles. The smallest absolute Gasteiger partial charge is 0.406 e. The molecule has 0 fully saturated rings. The first-order chi connectivity index (χ1) is 13.2. The van der Waals surface area contributed by atoms with Gasteiger partial charge in [0.1, 0.15) is 6.54 Å². The van der Waals surface area contributed by atoms with E-state index in [4.69, 9.17) is 4.42 Å². The molecular weight excluding hydrogens is 362 g/mol. The van der Waals surface area contributed by atoms with Gasteiger partial charge < -0.3 is 9.73 Å². The van der Waals surface area contributed by atoms with Crippen molar-refractivity contribution in [1.82, 2.24) is 9.55 Å². The second-order valence-electron chi connectivity index (χ2n) is 5.74. The van der Waals surface area contributed by atoms with Crippen molar-refractivity contribution < 1.29 is 9.21 Å². The van der Waals surface area contributed by atoms with E-state index in [0.717, 1.165) is 9.79 Å². The molecule has 0 atom stereocenters. The number of fused-ring (bicyclic) bond motifs is 1. The van der Waals surface area contributed by atoms with Crippen molar-refractivity contribution in [3.8, 4) is 0 Å². The van der Waals surface area contributed by atoms with E-state index in [1.54, 1.807) is 30.1 Å². The van der Waals surface area contributed by atoms with Crippen molar-refractivity contribution in [2.24, 2.45) is 0 Å². The van der Waals surface area contributed by atoms with Crippen molar-refractivity contribution in [2.75, 3.05) is 5.32 Å². The lowest BCUT2D eigenvalue weighted by Crippen LogP contribution is -2.25. The van der Waals surface area contributed by atoms with Crippen molar-refractivity contribution in [3.05, 3.63) is 83.5 Å². The molecule has 0 unspecified atom stereocenters. The van der Waals surface area contributed by atoms with Crippen LogP contribution in [0.4, 0.5) is 5.69 Å². The van der Waals surface area contributed by atoms with Gasteiger partial charge in [-0.3, -0.25) is 4.79 Å². The number of nitrogens with zero attached hydrogens (tertiary/aromatic N) is 2. The first-order valence-electron chi connectivity index (χ1n) is 8.27. The Labute approximate surface area is 158 Å². The van der Waals surface area contributed by atoms with E-state index in [1.165, 1.54) is 4.57 Å². The van der Waals surface area contributed by atoms with Gasteiger partial charge in [0.2, 0.25) is 5.91 Å². The summed E-state index contributed by atoms with van der Waals surface area (Å²) in [6.45, 7) is -0.173. The number of rotatable bonds is 5. The zero-order valence-electron chi connectivity index (χ0n) is 14.2. The van der Waals surface area contributed by atoms with Gasteiger partial charge in [-0.05, 0) is 36.4 Å². The summed E-state index contributed by atoms with van der Waals surface area (Å²) in [5.74, 6) is -0.933. The first kappa shape index (κ1) is 17.1. The molecule has 0 radical (unpaired) electrons. The molecule has 0 saturated heterocycles. The third kappa shape index (κ3) is 3.78. The van der Waals surface area contributed by atoms with Crippen LogP contribution in [0.25, 0.3) is 11.2 Å². The van der Waals surface area contributed by atoms with Crippen molar-refractivity contribution in [1.29, 1.82) is 0 Å². The number of hydrogen-bond acceptors (Lipinski definition) is 5. The SMILES string of the molecule is O=C(Cn1c(=O)oc2cccnc21)Nc1ccccc1Sc1ccccc1. The van der Waals surface area contributed by atoms with Crippen LogP contribution in [-0.2, 0) is 11.3 Å². The fourth-order valence-corrected chi connectivity index (χ4v) is 3.57. The molecule has 1 N–H and O–H groups in total. The van der Waals surface area contributed by atoms with Gasteiger partial charge in [-0.25, -0.2) is 14.3 Å². The van der Waals surface area contributed by atoms with E-state index in [0.29, 0.717) is 16.9 Å². The minimum atomic E-state index is -0.606. The Bertz CT molecular complexity index is 1150. The van der Waals surface area contributed by atoms with Gasteiger partial charge in [-0.15, -0.1) is 0 Å². The van der Waals surface area contributed by atoms with Crippen molar-refractivity contribution in [2.45, 2.75) is 16.3 Å². The van der Waals surface area contributed by atoms with Crippen molar-refractivity contribution >= 4 is 34.6 Å². The number of nitrogens with one attached hydrogen (secondary N) is 1. The van der Waals surface area contributed by atoms with Crippen LogP contribution in [0.5, 0.6) is 0 Å². The molecule has 4 aromatic rings. The monoisotopic (exact) mass is 377 g/mol. The second kappa shape index (κ2) is 7.51. The van der Waals surface area contributed by atoms with Gasteiger partial charge in [-0.2, -0.15) is 0 Å². The molecule has 0 spiro atoms. The lowest BCUT2D eigenvalue weighted by molar-refractivity contribution is -0.116. The zero-order chi connectivity index (χ0) is 18.6. The Balaban J connectivity index is 1.55. The molecule has 0 saturated carbocycles. The summed E-state index contributed by atoms with van der Waals surface area (Å²) in [6.07, 6.45) is 1.55. The molecule has 0 bridgehead atoms. The van der Waals surface area contributed by atoms with E-state index in [1.807, 2.05) is 54.6 Å². The molecule has 0 aliphatic carbocycles. The van der Waals surface area contributed by atoms with Crippen molar-refractivity contribution in [3.63, 3.8) is 0 Å². The van der Waals surface area contributed by atoms with Gasteiger partial charge >= 0.3 is 5.76 Å². The van der Waals surface area contributed by atoms with Crippen LogP contribution in [0.2, 0.25) is 0 Å². The number of carbonyl (C=O) groups excluding carboxylic acids is 1. The summed E-state index contributed by atoms with van der Waals surface area (Å²) in [5, 5.41) is 2.87. The number of aromatic nitrogens is 2. The maximum Gasteiger partial charge on any atom is 0.421 e. The van der Waals surface area contributed by atoms with Gasteiger partial charge in [0.25, 0.3) is 0 Å². The molecule has 4 rings (SSSR count). The Kier molecular flexibility index (Phi) is 4.76. The van der Waals surface area contributed by atoms with Gasteiger partial charge in [0.15, 0.2) is 11.2 Å². The highest BCUT2D eigenvalue weighted by atomic mass is 32.2. The summed E-state index contributed by atoms with van der Waals surface area (Å²) in [6, 6.07) is 20.8. The normalized spacial score (nSPS) is 10.8. The number of carbonyl (C=O) groups is 1. The minimum absolute atomic E-state index is 0.173. The maximum absolute atomic E-state index is 12.5. The van der Waals surface area contributed by atoms with Crippen LogP contribution in [-0.4, -0.2) is 15.5 Å². The standard InChI is InChI=1S/C20H15N3O3S/c24-18(13-23-19-16(26-20(23)25)10-6-12-21-19)22-15-9-4-5-11-17(15)27-14-7-2-1-3-8-14/h1-12H,13H2,(H,22,24). The number of benzene rings is 2. The molecule has 1 amide bonds. The number of oxazole rings is 1. The lowest BCUT2D eigenvalue weighted by atomic mass is 10.3. The average Bonchev–Trinajstić information content (AvgIpc) is 2.99. The number of anilines is 1. The van der Waals surface area contributed by atoms with Gasteiger partial charge in [0.05, 0.1) is 5.69 Å². The van der Waals surface area contributed by atoms with Crippen LogP contribution in [0.1, 0.15) is 0 Å². The molecule has 0 aliphatic heterocycles. The predicted molar refractivity (Wildman–Crippen MR) is 104 cm³/mol. The summed E-state index contributed by atoms with van der Waals surface area (Å²) in [7, 11) is 0. The van der Waals surface area contributed by atoms with E-state index in [2.05, 4.69) is 10.3 Å². The Morgan fingerprint density at radius 3 is 2.67 bits per heavy atom. The zero-order valence-corrected chi connectivity index (χ0v) is 15.0. The predicted octanol–water partition coefficient (Wildman–Crippen LogP) is 3.78. The Morgan fingerprint density at radius 1 is 1.04 bits per heavy atom. The molecule has 27 heavy (non-hydrogen) atoms. The Hall–Kier alpha value is -3.32. The molecule has 2 aromatic heterocycles. The largest absolute Gasteiger partial charge is 0.421 e. The fraction of sp³-hybridized carbons (Fsp3) is 0.0500. The van der Waals surface area contributed by atoms with E-state index in [-0.39, 0.29) is 12.5 Å². The highest BCUT2D eigenvalue weighted by Crippen LogP contribution is 2.33. The molecule has 0 aliphatic rings. The first-order valence-corrected chi connectivity index (χ1v) is 9.08. The summed E-state index contributed by atoms with van der Waals surface area (Å²) < 4.78 is 6.33. The quantitative estimate of drug-likeness (QED) is 0.573. The van der Waals surface area contributed by atoms with Crippen LogP contribution in [0.3, 0.4) is 0 Å². The van der Waals surface area contributed by atoms with Crippen LogP contribution >= 0.6 is 11.8 Å². The summed E-state index contributed by atoms with van der Waals surface area (Å²) >= 11 is 1.56. The van der Waals surface area contributed by atoms with Crippen LogP contribution < -0.4 is 11.1 Å². The van der Waals surface area contributed by atoms with E-state index >= 15 is 0 Å². The number of hydrogen-bond donors (Lipinski definition) is 1. The highest BCUT2D eigenvalue weighted by Gasteiger charge is 2.14. The third-order valence-electron chi connectivity index (χ3n) is 3.86. The third-order valence-corrected chi connectivity index (χ3v) is 4.94. The topological polar surface area (TPSA) is 77.1 Å². The summed E-state index contributed by atoms with van der Waals surface area (Å²) in [4.78, 5) is 30.6. The molecule has 2 heterocycles. The fourth-order valence-electron chi connectivity index (χ4n) is 2.65. The summed E-state index contributed by atoms with van der Waals surface area (Å²) in [5.41, 5.74) is 1.39. The molecular formula is C20H15N3O3S. The lowest BCUT2D eigenvalue weighted by Gasteiger charge is -2.11. The number of pyridine rings is 1. The van der Waals surface area contributed by atoms with Crippen LogP contribution in [0.15, 0.2) is 91.9 Å². The molecule has 134 valence electrons. The minimum Gasteiger partial charge on any atom is -0.406 e. The average molecular weight is 377 g/mol. The number of amides is 1. The highest BCUT2D eigenvalue weighted by molar-refractivity contribution is 7.99. The number of para-hydroxylation sites is 1.